The number of aryl methyl sites for hydroxylation is 2. The largest absolute Gasteiger partial charge is 0.391 e. The number of amides is 3. The molecule has 5 aromatic rings. The highest BCUT2D eigenvalue weighted by atomic mass is 32.1. The van der Waals surface area contributed by atoms with E-state index in [1.165, 1.54) is 11.8 Å². The summed E-state index contributed by atoms with van der Waals surface area (Å²) in [6, 6.07) is 9.82. The van der Waals surface area contributed by atoms with Gasteiger partial charge in [0.25, 0.3) is 5.56 Å². The number of aliphatic hydroxyl groups excluding tert-OH is 1. The fraction of sp³-hybridized carbons (Fsp3) is 0.519. The lowest BCUT2D eigenvalue weighted by atomic mass is 9.85. The second kappa shape index (κ2) is 21.5. The topological polar surface area (TPSA) is 208 Å². The number of Topliss-reactive ketones (excluding diaryl/α,β-unsaturated/α-hetero) is 1. The second-order valence-corrected chi connectivity index (χ2v) is 21.1. The molecule has 70 heavy (non-hydrogen) atoms. The van der Waals surface area contributed by atoms with Crippen LogP contribution in [0.1, 0.15) is 125 Å². The Kier molecular flexibility index (Phi) is 15.4. The van der Waals surface area contributed by atoms with E-state index in [0.29, 0.717) is 34.8 Å². The molecule has 3 fully saturated rings. The standard InChI is InChI=1S/C52H67N11O6S/c1-31-40-28-54-51(59-47(40)63(37-12-8-9-13-37)49(68)44(31)34(4)64)57-42-20-19-38(27-53-42)61-24-22-60(23-25-61)21-11-10-14-43(66)58-46(52(5,6)7)50(69)62-29-39(65)26-41(62)48(67)56-32(2)35-15-17-36(18-16-35)45-33(3)55-30-70-45/h15-20,27-28,30,32,37,39,41,46,65H,8-14,21-26,29H2,1-7H3,(H,56,67)(H,58,66)(H,53,54,57,59)/t32-,39+,41-,46+/m0/s1. The smallest absolute Gasteiger partial charge is 0.263 e. The molecule has 0 unspecified atom stereocenters. The number of benzene rings is 1. The van der Waals surface area contributed by atoms with Gasteiger partial charge in [0.05, 0.1) is 45.7 Å². The van der Waals surface area contributed by atoms with Gasteiger partial charge in [-0.25, -0.2) is 15.0 Å². The number of aromatic nitrogens is 5. The molecule has 1 aliphatic carbocycles. The number of likely N-dealkylation sites (tertiary alicyclic amines) is 1. The highest BCUT2D eigenvalue weighted by molar-refractivity contribution is 7.13. The van der Waals surface area contributed by atoms with Gasteiger partial charge in [0.2, 0.25) is 23.7 Å². The van der Waals surface area contributed by atoms with Crippen LogP contribution in [0.2, 0.25) is 0 Å². The Hall–Kier alpha value is -6.11. The molecular formula is C52H67N11O6S. The van der Waals surface area contributed by atoms with E-state index in [9.17, 15) is 29.1 Å². The third kappa shape index (κ3) is 11.2. The van der Waals surface area contributed by atoms with Crippen LogP contribution in [0.15, 0.2) is 59.1 Å². The van der Waals surface area contributed by atoms with Gasteiger partial charge in [0, 0.05) is 63.2 Å². The number of carbonyl (C=O) groups is 4. The molecule has 6 heterocycles. The Labute approximate surface area is 413 Å². The number of nitrogens with zero attached hydrogens (tertiary/aromatic N) is 8. The molecule has 372 valence electrons. The lowest BCUT2D eigenvalue weighted by Gasteiger charge is -2.36. The normalized spacial score (nSPS) is 18.8. The molecule has 0 bridgehead atoms. The number of hydrogen-bond acceptors (Lipinski definition) is 14. The van der Waals surface area contributed by atoms with E-state index in [0.717, 1.165) is 92.2 Å². The SMILES string of the molecule is CC(=O)c1c(C)c2cnc(Nc3ccc(N4CCN(CCCCC(=O)N[C@H](C(=O)N5C[C@H](O)C[C@H]5C(=O)N[C@@H](C)c5ccc(-c6scnc6C)cc5)C(C)(C)C)CC4)cn3)nc2n(C2CCCC2)c1=O. The predicted octanol–water partition coefficient (Wildman–Crippen LogP) is 6.65. The number of β-amino-alcohol motifs (C(OH)–C–C–N with tert-alkyl or cyclic N) is 1. The Balaban J connectivity index is 0.788. The van der Waals surface area contributed by atoms with Crippen LogP contribution < -0.4 is 26.4 Å². The van der Waals surface area contributed by atoms with Crippen molar-refractivity contribution in [1.82, 2.24) is 44.9 Å². The van der Waals surface area contributed by atoms with Crippen LogP contribution in [0, 0.1) is 19.3 Å². The number of aliphatic hydroxyl groups is 1. The molecule has 3 amide bonds. The maximum atomic E-state index is 14.2. The summed E-state index contributed by atoms with van der Waals surface area (Å²) in [7, 11) is 0. The zero-order valence-electron chi connectivity index (χ0n) is 41.5. The summed E-state index contributed by atoms with van der Waals surface area (Å²) in [5.41, 5.74) is 6.17. The Bertz CT molecular complexity index is 2760. The number of unbranched alkanes of at least 4 members (excludes halogenated alkanes) is 1. The molecule has 0 spiro atoms. The van der Waals surface area contributed by atoms with E-state index in [1.807, 2.05) is 82.7 Å². The molecule has 17 nitrogen and oxygen atoms in total. The Morgan fingerprint density at radius 2 is 1.64 bits per heavy atom. The summed E-state index contributed by atoms with van der Waals surface area (Å²) in [6.07, 6.45) is 8.32. The molecule has 0 radical (unpaired) electrons. The van der Waals surface area contributed by atoms with Crippen molar-refractivity contribution in [3.63, 3.8) is 0 Å². The first-order chi connectivity index (χ1) is 33.5. The van der Waals surface area contributed by atoms with Crippen molar-refractivity contribution in [2.75, 3.05) is 49.5 Å². The number of ketones is 1. The summed E-state index contributed by atoms with van der Waals surface area (Å²) in [5, 5.41) is 20.7. The third-order valence-electron chi connectivity index (χ3n) is 14.2. The number of anilines is 3. The van der Waals surface area contributed by atoms with Crippen LogP contribution >= 0.6 is 11.3 Å². The maximum absolute atomic E-state index is 14.2. The predicted molar refractivity (Wildman–Crippen MR) is 272 cm³/mol. The number of rotatable bonds is 16. The number of thiazole rings is 1. The summed E-state index contributed by atoms with van der Waals surface area (Å²) >= 11 is 1.58. The Morgan fingerprint density at radius 1 is 0.914 bits per heavy atom. The van der Waals surface area contributed by atoms with Gasteiger partial charge >= 0.3 is 0 Å². The summed E-state index contributed by atoms with van der Waals surface area (Å²) in [6.45, 7) is 17.0. The van der Waals surface area contributed by atoms with E-state index in [4.69, 9.17) is 4.98 Å². The van der Waals surface area contributed by atoms with Crippen molar-refractivity contribution in [3.8, 4) is 10.4 Å². The van der Waals surface area contributed by atoms with E-state index in [1.54, 1.807) is 29.0 Å². The molecule has 4 atom stereocenters. The fourth-order valence-corrected chi connectivity index (χ4v) is 11.0. The number of fused-ring (bicyclic) bond motifs is 1. The minimum absolute atomic E-state index is 0.00708. The first kappa shape index (κ1) is 50.3. The minimum atomic E-state index is -0.880. The first-order valence-electron chi connectivity index (χ1n) is 24.7. The van der Waals surface area contributed by atoms with Gasteiger partial charge in [-0.2, -0.15) is 4.98 Å². The molecule has 1 aromatic carbocycles. The molecule has 3 aliphatic rings. The fourth-order valence-electron chi connectivity index (χ4n) is 10.2. The monoisotopic (exact) mass is 973 g/mol. The highest BCUT2D eigenvalue weighted by Crippen LogP contribution is 2.33. The van der Waals surface area contributed by atoms with Gasteiger partial charge in [-0.05, 0) is 94.2 Å². The van der Waals surface area contributed by atoms with E-state index < -0.39 is 23.6 Å². The maximum Gasteiger partial charge on any atom is 0.263 e. The molecule has 1 saturated carbocycles. The van der Waals surface area contributed by atoms with Crippen molar-refractivity contribution >= 4 is 63.3 Å². The third-order valence-corrected chi connectivity index (χ3v) is 15.1. The summed E-state index contributed by atoms with van der Waals surface area (Å²) in [5.74, 6) is -0.288. The molecule has 8 rings (SSSR count). The van der Waals surface area contributed by atoms with E-state index >= 15 is 0 Å². The minimum Gasteiger partial charge on any atom is -0.391 e. The number of hydrogen-bond donors (Lipinski definition) is 4. The molecule has 4 aromatic heterocycles. The molecule has 2 aliphatic heterocycles. The van der Waals surface area contributed by atoms with Gasteiger partial charge < -0.3 is 30.9 Å². The highest BCUT2D eigenvalue weighted by Gasteiger charge is 2.44. The number of nitrogens with one attached hydrogen (secondary N) is 3. The first-order valence-corrected chi connectivity index (χ1v) is 25.6. The van der Waals surface area contributed by atoms with Crippen molar-refractivity contribution in [2.24, 2.45) is 5.41 Å². The van der Waals surface area contributed by atoms with Crippen LogP contribution in [0.25, 0.3) is 21.5 Å². The van der Waals surface area contributed by atoms with Crippen molar-refractivity contribution in [3.05, 3.63) is 87.0 Å². The van der Waals surface area contributed by atoms with Gasteiger partial charge in [-0.3, -0.25) is 33.4 Å². The summed E-state index contributed by atoms with van der Waals surface area (Å²) < 4.78 is 1.70. The molecule has 2 saturated heterocycles. The van der Waals surface area contributed by atoms with Gasteiger partial charge in [-0.15, -0.1) is 11.3 Å². The van der Waals surface area contributed by atoms with Gasteiger partial charge in [0.1, 0.15) is 23.5 Å². The molecule has 4 N–H and O–H groups in total. The van der Waals surface area contributed by atoms with Crippen molar-refractivity contribution < 1.29 is 24.3 Å². The average Bonchev–Trinajstić information content (AvgIpc) is 4.12. The number of carbonyl (C=O) groups excluding carboxylic acids is 4. The second-order valence-electron chi connectivity index (χ2n) is 20.3. The van der Waals surface area contributed by atoms with Crippen LogP contribution in [0.4, 0.5) is 17.5 Å². The Morgan fingerprint density at radius 3 is 2.29 bits per heavy atom. The van der Waals surface area contributed by atoms with Crippen LogP contribution in [-0.4, -0.2) is 120 Å². The van der Waals surface area contributed by atoms with Crippen LogP contribution in [0.5, 0.6) is 0 Å². The molecule has 18 heteroatoms. The average molecular weight is 974 g/mol. The zero-order chi connectivity index (χ0) is 49.9. The van der Waals surface area contributed by atoms with Crippen LogP contribution in [0.3, 0.4) is 0 Å². The number of pyridine rings is 2. The zero-order valence-corrected chi connectivity index (χ0v) is 42.3. The lowest BCUT2D eigenvalue weighted by molar-refractivity contribution is -0.144. The van der Waals surface area contributed by atoms with Crippen molar-refractivity contribution in [1.29, 1.82) is 0 Å². The van der Waals surface area contributed by atoms with Crippen molar-refractivity contribution in [2.45, 2.75) is 130 Å². The van der Waals surface area contributed by atoms with Crippen LogP contribution in [-0.2, 0) is 14.4 Å². The lowest BCUT2D eigenvalue weighted by Crippen LogP contribution is -2.57. The number of piperazine rings is 1. The van der Waals surface area contributed by atoms with Gasteiger partial charge in [-0.1, -0.05) is 57.9 Å². The summed E-state index contributed by atoms with van der Waals surface area (Å²) in [4.78, 5) is 93.0. The molecular weight excluding hydrogens is 907 g/mol. The van der Waals surface area contributed by atoms with Gasteiger partial charge in [0.15, 0.2) is 5.78 Å². The van der Waals surface area contributed by atoms with E-state index in [-0.39, 0.29) is 66.1 Å². The van der Waals surface area contributed by atoms with E-state index in [2.05, 4.69) is 40.7 Å². The quantitative estimate of drug-likeness (QED) is 0.0604.